The van der Waals surface area contributed by atoms with Gasteiger partial charge in [-0.05, 0) is 11.6 Å². The average Bonchev–Trinajstić information content (AvgIpc) is 3.28. The van der Waals surface area contributed by atoms with Crippen molar-refractivity contribution >= 4 is 11.5 Å². The highest BCUT2D eigenvalue weighted by Crippen LogP contribution is 2.41. The number of hydrogen-bond acceptors (Lipinski definition) is 4. The molecule has 5 heteroatoms. The van der Waals surface area contributed by atoms with Gasteiger partial charge in [0.15, 0.2) is 6.10 Å². The highest BCUT2D eigenvalue weighted by molar-refractivity contribution is 6.04. The highest BCUT2D eigenvalue weighted by atomic mass is 16.6. The van der Waals surface area contributed by atoms with Crippen molar-refractivity contribution in [2.45, 2.75) is 12.2 Å². The SMILES string of the molecule is O=C(c1ccccc1[N+](=O)[O-])C1OC1c1ccccc1. The van der Waals surface area contributed by atoms with E-state index >= 15 is 0 Å². The van der Waals surface area contributed by atoms with Gasteiger partial charge < -0.3 is 4.74 Å². The molecule has 0 N–H and O–H groups in total. The van der Waals surface area contributed by atoms with Crippen LogP contribution in [0.3, 0.4) is 0 Å². The molecule has 0 aliphatic carbocycles. The van der Waals surface area contributed by atoms with E-state index < -0.39 is 11.0 Å². The summed E-state index contributed by atoms with van der Waals surface area (Å²) in [4.78, 5) is 22.7. The number of Topliss-reactive ketones (excluding diaryl/α,β-unsaturated/α-hetero) is 1. The number of benzene rings is 2. The van der Waals surface area contributed by atoms with Gasteiger partial charge in [-0.15, -0.1) is 0 Å². The zero-order chi connectivity index (χ0) is 14.1. The smallest absolute Gasteiger partial charge is 0.280 e. The van der Waals surface area contributed by atoms with Crippen molar-refractivity contribution in [1.29, 1.82) is 0 Å². The Morgan fingerprint density at radius 3 is 2.40 bits per heavy atom. The minimum atomic E-state index is -0.626. The summed E-state index contributed by atoms with van der Waals surface area (Å²) in [7, 11) is 0. The number of nitro groups is 1. The second kappa shape index (κ2) is 4.86. The van der Waals surface area contributed by atoms with Crippen molar-refractivity contribution in [2.24, 2.45) is 0 Å². The van der Waals surface area contributed by atoms with Crippen molar-refractivity contribution in [3.05, 3.63) is 75.8 Å². The van der Waals surface area contributed by atoms with Crippen LogP contribution in [0.1, 0.15) is 22.0 Å². The molecule has 3 rings (SSSR count). The van der Waals surface area contributed by atoms with Crippen LogP contribution in [0, 0.1) is 10.1 Å². The van der Waals surface area contributed by atoms with Crippen LogP contribution in [-0.2, 0) is 4.74 Å². The van der Waals surface area contributed by atoms with Gasteiger partial charge in [0.2, 0.25) is 5.78 Å². The normalized spacial score (nSPS) is 20.4. The second-order valence-electron chi connectivity index (χ2n) is 4.53. The second-order valence-corrected chi connectivity index (χ2v) is 4.53. The lowest BCUT2D eigenvalue weighted by molar-refractivity contribution is -0.385. The van der Waals surface area contributed by atoms with Crippen molar-refractivity contribution in [1.82, 2.24) is 0 Å². The van der Waals surface area contributed by atoms with Crippen LogP contribution < -0.4 is 0 Å². The minimum absolute atomic E-state index is 0.0981. The molecule has 0 saturated carbocycles. The Morgan fingerprint density at radius 2 is 1.70 bits per heavy atom. The lowest BCUT2D eigenvalue weighted by atomic mass is 10.0. The van der Waals surface area contributed by atoms with E-state index in [1.807, 2.05) is 30.3 Å². The Hall–Kier alpha value is -2.53. The van der Waals surface area contributed by atoms with E-state index in [1.165, 1.54) is 18.2 Å². The maximum absolute atomic E-state index is 12.3. The van der Waals surface area contributed by atoms with E-state index in [0.717, 1.165) is 5.56 Å². The molecule has 0 spiro atoms. The summed E-state index contributed by atoms with van der Waals surface area (Å²) in [6, 6.07) is 15.3. The van der Waals surface area contributed by atoms with Crippen molar-refractivity contribution in [2.75, 3.05) is 0 Å². The molecular formula is C15H11NO4. The summed E-state index contributed by atoms with van der Waals surface area (Å²) in [5.41, 5.74) is 0.824. The van der Waals surface area contributed by atoms with Crippen molar-refractivity contribution in [3.8, 4) is 0 Å². The van der Waals surface area contributed by atoms with Crippen LogP contribution in [0.15, 0.2) is 54.6 Å². The third-order valence-electron chi connectivity index (χ3n) is 3.24. The van der Waals surface area contributed by atoms with Crippen LogP contribution in [0.25, 0.3) is 0 Å². The number of carbonyl (C=O) groups excluding carboxylic acids is 1. The lowest BCUT2D eigenvalue weighted by Gasteiger charge is -1.99. The summed E-state index contributed by atoms with van der Waals surface area (Å²) >= 11 is 0. The summed E-state index contributed by atoms with van der Waals surface area (Å²) < 4.78 is 5.38. The first kappa shape index (κ1) is 12.5. The first-order valence-corrected chi connectivity index (χ1v) is 6.16. The van der Waals surface area contributed by atoms with E-state index in [0.29, 0.717) is 0 Å². The van der Waals surface area contributed by atoms with Gasteiger partial charge in [-0.25, -0.2) is 0 Å². The molecule has 1 heterocycles. The van der Waals surface area contributed by atoms with Gasteiger partial charge in [-0.2, -0.15) is 0 Å². The zero-order valence-corrected chi connectivity index (χ0v) is 10.4. The highest BCUT2D eigenvalue weighted by Gasteiger charge is 2.47. The average molecular weight is 269 g/mol. The van der Waals surface area contributed by atoms with Gasteiger partial charge in [0, 0.05) is 6.07 Å². The van der Waals surface area contributed by atoms with E-state index in [9.17, 15) is 14.9 Å². The van der Waals surface area contributed by atoms with Crippen LogP contribution in [-0.4, -0.2) is 16.8 Å². The fourth-order valence-corrected chi connectivity index (χ4v) is 2.20. The van der Waals surface area contributed by atoms with E-state index in [4.69, 9.17) is 4.74 Å². The molecule has 20 heavy (non-hydrogen) atoms. The van der Waals surface area contributed by atoms with Crippen LogP contribution in [0.2, 0.25) is 0 Å². The minimum Gasteiger partial charge on any atom is -0.356 e. The predicted molar refractivity (Wildman–Crippen MR) is 71.5 cm³/mol. The largest absolute Gasteiger partial charge is 0.356 e. The molecule has 1 aliphatic rings. The zero-order valence-electron chi connectivity index (χ0n) is 10.4. The van der Waals surface area contributed by atoms with E-state index in [2.05, 4.69) is 0 Å². The molecule has 1 saturated heterocycles. The first-order valence-electron chi connectivity index (χ1n) is 6.16. The number of nitro benzene ring substituents is 1. The number of epoxide rings is 1. The molecule has 2 unspecified atom stereocenters. The van der Waals surface area contributed by atoms with Gasteiger partial charge in [0.25, 0.3) is 5.69 Å². The number of hydrogen-bond donors (Lipinski definition) is 0. The molecule has 1 aliphatic heterocycles. The fraction of sp³-hybridized carbons (Fsp3) is 0.133. The van der Waals surface area contributed by atoms with Gasteiger partial charge in [-0.3, -0.25) is 14.9 Å². The van der Waals surface area contributed by atoms with Gasteiger partial charge in [0.1, 0.15) is 6.10 Å². The van der Waals surface area contributed by atoms with Gasteiger partial charge in [-0.1, -0.05) is 42.5 Å². The molecule has 0 aromatic heterocycles. The Balaban J connectivity index is 1.84. The third-order valence-corrected chi connectivity index (χ3v) is 3.24. The molecule has 2 aromatic rings. The number of carbonyl (C=O) groups is 1. The Kier molecular flexibility index (Phi) is 3.04. The van der Waals surface area contributed by atoms with Crippen LogP contribution in [0.5, 0.6) is 0 Å². The molecule has 0 bridgehead atoms. The van der Waals surface area contributed by atoms with E-state index in [-0.39, 0.29) is 23.1 Å². The van der Waals surface area contributed by atoms with Gasteiger partial charge >= 0.3 is 0 Å². The molecule has 2 atom stereocenters. The molecule has 1 fully saturated rings. The molecule has 2 aromatic carbocycles. The number of nitrogens with zero attached hydrogens (tertiary/aromatic N) is 1. The molecule has 5 nitrogen and oxygen atoms in total. The van der Waals surface area contributed by atoms with Crippen molar-refractivity contribution in [3.63, 3.8) is 0 Å². The summed E-state index contributed by atoms with van der Waals surface area (Å²) in [6.45, 7) is 0. The monoisotopic (exact) mass is 269 g/mol. The Bertz CT molecular complexity index is 669. The summed E-state index contributed by atoms with van der Waals surface area (Å²) in [6.07, 6.45) is -0.929. The Labute approximate surface area is 115 Å². The molecule has 0 radical (unpaired) electrons. The van der Waals surface area contributed by atoms with Crippen LogP contribution >= 0.6 is 0 Å². The lowest BCUT2D eigenvalue weighted by Crippen LogP contribution is -2.10. The standard InChI is InChI=1S/C15H11NO4/c17-13(11-8-4-5-9-12(11)16(18)19)15-14(20-15)10-6-2-1-3-7-10/h1-9,14-15H. The Morgan fingerprint density at radius 1 is 1.05 bits per heavy atom. The van der Waals surface area contributed by atoms with E-state index in [1.54, 1.807) is 6.07 Å². The quantitative estimate of drug-likeness (QED) is 0.370. The number of rotatable bonds is 4. The fourth-order valence-electron chi connectivity index (χ4n) is 2.20. The summed E-state index contributed by atoms with van der Waals surface area (Å²) in [5.74, 6) is -0.342. The molecular weight excluding hydrogens is 258 g/mol. The predicted octanol–water partition coefficient (Wildman–Crippen LogP) is 2.92. The number of ketones is 1. The number of para-hydroxylation sites is 1. The topological polar surface area (TPSA) is 72.7 Å². The van der Waals surface area contributed by atoms with Crippen molar-refractivity contribution < 1.29 is 14.5 Å². The summed E-state index contributed by atoms with van der Waals surface area (Å²) in [5, 5.41) is 10.9. The number of ether oxygens (including phenoxy) is 1. The molecule has 100 valence electrons. The maximum atomic E-state index is 12.3. The molecule has 0 amide bonds. The first-order chi connectivity index (χ1) is 9.68. The third kappa shape index (κ3) is 2.19. The maximum Gasteiger partial charge on any atom is 0.280 e. The van der Waals surface area contributed by atoms with Gasteiger partial charge in [0.05, 0.1) is 10.5 Å². The van der Waals surface area contributed by atoms with Crippen LogP contribution in [0.4, 0.5) is 5.69 Å².